The smallest absolute Gasteiger partial charge is 0.485 e. The van der Waals surface area contributed by atoms with Gasteiger partial charge in [-0.3, -0.25) is 19.1 Å². The maximum absolute atomic E-state index is 13.4. The van der Waals surface area contributed by atoms with Crippen molar-refractivity contribution in [2.45, 2.75) is 43.1 Å². The number of esters is 1. The fraction of sp³-hybridized carbons (Fsp3) is 0.400. The van der Waals surface area contributed by atoms with Crippen molar-refractivity contribution in [3.63, 3.8) is 0 Å². The van der Waals surface area contributed by atoms with Crippen LogP contribution in [0.15, 0.2) is 47.5 Å². The number of hydrogen-bond donors (Lipinski definition) is 1. The number of alkyl halides is 3. The Morgan fingerprint density at radius 3 is 2.36 bits per heavy atom. The number of aromatic nitrogens is 2. The molecule has 3 aromatic rings. The van der Waals surface area contributed by atoms with E-state index in [4.69, 9.17) is 17.7 Å². The van der Waals surface area contributed by atoms with Gasteiger partial charge in [-0.05, 0) is 24.6 Å². The van der Waals surface area contributed by atoms with Crippen LogP contribution in [0.5, 0.6) is 0 Å². The number of aryl methyl sites for hydroxylation is 1. The number of hydrogen-bond acceptors (Lipinski definition) is 11. The Labute approximate surface area is 259 Å². The molecule has 1 amide bonds. The van der Waals surface area contributed by atoms with Gasteiger partial charge in [0.05, 0.1) is 45.7 Å². The van der Waals surface area contributed by atoms with Crippen molar-refractivity contribution in [2.75, 3.05) is 6.26 Å². The Hall–Kier alpha value is -3.72. The Balaban J connectivity index is 0.000000510. The molecule has 5 atom stereocenters. The number of aliphatic hydroxyl groups excluding tert-OH is 1. The van der Waals surface area contributed by atoms with Crippen LogP contribution in [0.4, 0.5) is 18.9 Å². The van der Waals surface area contributed by atoms with Crippen LogP contribution >= 0.6 is 11.3 Å². The molecule has 1 N–H and O–H groups in total. The van der Waals surface area contributed by atoms with Crippen LogP contribution in [-0.2, 0) is 48.9 Å². The molecule has 2 aliphatic rings. The zero-order valence-electron chi connectivity index (χ0n) is 23.7. The first kappa shape index (κ1) is 34.2. The number of nitro benzene ring substituents is 1. The van der Waals surface area contributed by atoms with Crippen LogP contribution in [0.2, 0.25) is 0 Å². The maximum atomic E-state index is 13.4. The van der Waals surface area contributed by atoms with Gasteiger partial charge in [0.1, 0.15) is 18.5 Å². The van der Waals surface area contributed by atoms with Gasteiger partial charge in [-0.2, -0.15) is 17.6 Å². The summed E-state index contributed by atoms with van der Waals surface area (Å²) in [6.07, 6.45) is 4.38. The fourth-order valence-corrected chi connectivity index (χ4v) is 7.75. The molecule has 2 aromatic heterocycles. The van der Waals surface area contributed by atoms with Crippen molar-refractivity contribution in [2.24, 2.45) is 18.9 Å². The van der Waals surface area contributed by atoms with Crippen LogP contribution in [0.1, 0.15) is 24.3 Å². The molecule has 0 radical (unpaired) electrons. The molecule has 0 bridgehead atoms. The molecule has 1 aromatic carbocycles. The Kier molecular flexibility index (Phi) is 9.29. The van der Waals surface area contributed by atoms with E-state index in [0.717, 1.165) is 9.71 Å². The van der Waals surface area contributed by atoms with Gasteiger partial charge in [-0.25, -0.2) is 17.8 Å². The highest BCUT2D eigenvalue weighted by Crippen LogP contribution is 2.51. The fourth-order valence-electron chi connectivity index (χ4n) is 5.26. The van der Waals surface area contributed by atoms with Gasteiger partial charge in [0.2, 0.25) is 22.1 Å². The molecule has 244 valence electrons. The molecule has 5 rings (SSSR count). The highest BCUT2D eigenvalue weighted by molar-refractivity contribution is 7.86. The van der Waals surface area contributed by atoms with Gasteiger partial charge in [0, 0.05) is 29.9 Å². The molecule has 1 unspecified atom stereocenters. The number of ether oxygens (including phenoxy) is 1. The van der Waals surface area contributed by atoms with E-state index >= 15 is 0 Å². The van der Waals surface area contributed by atoms with Crippen molar-refractivity contribution in [3.05, 3.63) is 63.0 Å². The van der Waals surface area contributed by atoms with Gasteiger partial charge in [-0.1, -0.05) is 18.3 Å². The van der Waals surface area contributed by atoms with Crippen molar-refractivity contribution in [1.29, 1.82) is 0 Å². The number of amides is 1. The third-order valence-corrected chi connectivity index (χ3v) is 10.1. The molecule has 0 saturated carbocycles. The van der Waals surface area contributed by atoms with E-state index in [9.17, 15) is 42.2 Å². The standard InChI is InChI=1S/C24H25N4O7S2.CHF3O3S/c1-12-17(16-9-26-11-25(3)23(37(4)34)22(26)36-16)20(27-19(12)18(13(2)29)21(27)30)24(31)35-10-14-5-7-15(8-6-14)28(32)33;2-1(3,4)8(5,6)7/h5-9,11-13,18-19,29H,10H2,1-4H3;(H,5,6,7)/q+1;/p-1/t12-,13+,18+,19+,37?;/m0./s1. The lowest BCUT2D eigenvalue weighted by Gasteiger charge is -2.46. The molecule has 14 nitrogen and oxygen atoms in total. The van der Waals surface area contributed by atoms with Crippen LogP contribution in [-0.4, -0.2) is 72.5 Å². The lowest BCUT2D eigenvalue weighted by atomic mass is 9.77. The first-order valence-corrected chi connectivity index (χ1v) is 16.6. The van der Waals surface area contributed by atoms with Gasteiger partial charge in [-0.15, -0.1) is 0 Å². The van der Waals surface area contributed by atoms with Crippen LogP contribution in [0.25, 0.3) is 10.4 Å². The number of imidazole rings is 1. The average molecular weight is 695 g/mol. The normalized spacial score (nSPS) is 21.1. The molecular formula is C25H25F3N4O10S3. The molecule has 2 aliphatic heterocycles. The Morgan fingerprint density at radius 2 is 1.87 bits per heavy atom. The molecular weight excluding hydrogens is 669 g/mol. The number of β-lactam (4-membered cyclic amide) rings is 1. The highest BCUT2D eigenvalue weighted by atomic mass is 32.2. The van der Waals surface area contributed by atoms with Gasteiger partial charge in [0.15, 0.2) is 10.1 Å². The third kappa shape index (κ3) is 6.37. The molecule has 0 aliphatic carbocycles. The van der Waals surface area contributed by atoms with Gasteiger partial charge < -0.3 is 19.3 Å². The zero-order chi connectivity index (χ0) is 33.8. The highest BCUT2D eigenvalue weighted by Gasteiger charge is 2.60. The number of fused-ring (bicyclic) bond motifs is 2. The minimum Gasteiger partial charge on any atom is -0.741 e. The summed E-state index contributed by atoms with van der Waals surface area (Å²) >= 11 is 1.38. The van der Waals surface area contributed by atoms with E-state index in [-0.39, 0.29) is 35.9 Å². The van der Waals surface area contributed by atoms with Gasteiger partial charge >= 0.3 is 11.5 Å². The second-order valence-electron chi connectivity index (χ2n) is 10.2. The second-order valence-corrected chi connectivity index (χ2v) is 13.9. The number of halogens is 3. The van der Waals surface area contributed by atoms with E-state index in [1.165, 1.54) is 40.5 Å². The number of thiazole rings is 1. The molecule has 4 heterocycles. The number of nitrogens with zero attached hydrogens (tertiary/aromatic N) is 4. The van der Waals surface area contributed by atoms with Crippen molar-refractivity contribution >= 4 is 60.2 Å². The number of benzene rings is 1. The van der Waals surface area contributed by atoms with Crippen LogP contribution < -0.4 is 4.40 Å². The van der Waals surface area contributed by atoms with E-state index in [1.807, 2.05) is 24.6 Å². The average Bonchev–Trinajstić information content (AvgIpc) is 3.52. The summed E-state index contributed by atoms with van der Waals surface area (Å²) in [6.45, 7) is 3.35. The summed E-state index contributed by atoms with van der Waals surface area (Å²) in [5.41, 5.74) is -4.38. The number of carbonyl (C=O) groups is 2. The van der Waals surface area contributed by atoms with Crippen LogP contribution in [0, 0.1) is 22.0 Å². The van der Waals surface area contributed by atoms with E-state index < -0.39 is 49.3 Å². The summed E-state index contributed by atoms with van der Waals surface area (Å²) < 4.78 is 80.4. The minimum atomic E-state index is -6.09. The number of rotatable bonds is 7. The maximum Gasteiger partial charge on any atom is 0.485 e. The first-order valence-electron chi connectivity index (χ1n) is 12.8. The zero-order valence-corrected chi connectivity index (χ0v) is 26.2. The predicted octanol–water partition coefficient (Wildman–Crippen LogP) is 1.83. The lowest BCUT2D eigenvalue weighted by molar-refractivity contribution is -0.508. The second kappa shape index (κ2) is 12.2. The summed E-state index contributed by atoms with van der Waals surface area (Å²) in [6, 6.07) is 5.29. The number of aliphatic hydroxyl groups is 1. The summed E-state index contributed by atoms with van der Waals surface area (Å²) in [7, 11) is -5.52. The SMILES string of the molecule is C[C@@H](O)[C@H]1C(=O)N2C(C(=O)OCc3ccc([N+](=O)[O-])cc3)=C(c3c[n+]4cn(C)c(S(C)=O)c4s3)[C@H](C)[C@H]12.O=S(=O)([O-])C(F)(F)F. The van der Waals surface area contributed by atoms with E-state index in [2.05, 4.69) is 0 Å². The molecule has 20 heteroatoms. The van der Waals surface area contributed by atoms with E-state index in [0.29, 0.717) is 16.2 Å². The third-order valence-electron chi connectivity index (χ3n) is 7.20. The topological polar surface area (TPSA) is 193 Å². The lowest BCUT2D eigenvalue weighted by Crippen LogP contribution is -2.63. The largest absolute Gasteiger partial charge is 0.741 e. The minimum absolute atomic E-state index is 0.0715. The number of nitro groups is 1. The molecule has 0 spiro atoms. The first-order chi connectivity index (χ1) is 20.8. The summed E-state index contributed by atoms with van der Waals surface area (Å²) in [5.74, 6) is -1.92. The Morgan fingerprint density at radius 1 is 1.29 bits per heavy atom. The Bertz CT molecular complexity index is 1850. The molecule has 1 saturated heterocycles. The van der Waals surface area contributed by atoms with Gasteiger partial charge in [0.25, 0.3) is 5.69 Å². The van der Waals surface area contributed by atoms with E-state index in [1.54, 1.807) is 24.1 Å². The summed E-state index contributed by atoms with van der Waals surface area (Å²) in [5, 5.41) is 21.8. The predicted molar refractivity (Wildman–Crippen MR) is 149 cm³/mol. The quantitative estimate of drug-likeness (QED) is 0.0726. The van der Waals surface area contributed by atoms with Crippen molar-refractivity contribution in [1.82, 2.24) is 9.47 Å². The number of non-ortho nitro benzene ring substituents is 1. The summed E-state index contributed by atoms with van der Waals surface area (Å²) in [4.78, 5) is 39.8. The van der Waals surface area contributed by atoms with Crippen LogP contribution in [0.3, 0.4) is 0 Å². The monoisotopic (exact) mass is 694 g/mol. The van der Waals surface area contributed by atoms with Crippen molar-refractivity contribution in [3.8, 4) is 0 Å². The molecule has 1 fully saturated rings. The number of carbonyl (C=O) groups excluding carboxylic acids is 2. The van der Waals surface area contributed by atoms with Crippen molar-refractivity contribution < 1.29 is 59.1 Å². The molecule has 45 heavy (non-hydrogen) atoms.